The molecule has 1 aromatic rings. The fourth-order valence-corrected chi connectivity index (χ4v) is 5.11. The van der Waals surface area contributed by atoms with Gasteiger partial charge in [-0.15, -0.1) is 0 Å². The van der Waals surface area contributed by atoms with Crippen molar-refractivity contribution in [2.45, 2.75) is 38.3 Å². The number of hydrogen-bond donors (Lipinski definition) is 0. The molecule has 4 rings (SSSR count). The minimum absolute atomic E-state index is 0.347. The molecule has 6 heteroatoms. The van der Waals surface area contributed by atoms with Crippen molar-refractivity contribution in [2.75, 3.05) is 58.9 Å². The highest BCUT2D eigenvalue weighted by Crippen LogP contribution is 2.20. The molecule has 1 aromatic carbocycles. The third kappa shape index (κ3) is 5.35. The third-order valence-corrected chi connectivity index (χ3v) is 7.15. The van der Waals surface area contributed by atoms with Crippen molar-refractivity contribution in [3.8, 4) is 0 Å². The molecule has 3 aliphatic rings. The van der Waals surface area contributed by atoms with Gasteiger partial charge in [0.25, 0.3) is 0 Å². The Kier molecular flexibility index (Phi) is 7.04. The van der Waals surface area contributed by atoms with Crippen LogP contribution >= 0.6 is 15.9 Å². The summed E-state index contributed by atoms with van der Waals surface area (Å²) in [6, 6.07) is 9.34. The van der Waals surface area contributed by atoms with Crippen molar-refractivity contribution in [3.05, 3.63) is 34.3 Å². The minimum atomic E-state index is 0.347. The Balaban J connectivity index is 1.17. The first-order valence-corrected chi connectivity index (χ1v) is 11.7. The largest absolute Gasteiger partial charge is 0.341 e. The van der Waals surface area contributed by atoms with Gasteiger partial charge in [-0.05, 0) is 56.5 Å². The first kappa shape index (κ1) is 20.3. The molecule has 0 bridgehead atoms. The monoisotopic (exact) mass is 448 g/mol. The van der Waals surface area contributed by atoms with Crippen LogP contribution in [0.2, 0.25) is 0 Å². The summed E-state index contributed by atoms with van der Waals surface area (Å²) in [4.78, 5) is 22.2. The van der Waals surface area contributed by atoms with Crippen molar-refractivity contribution < 1.29 is 4.79 Å². The summed E-state index contributed by atoms with van der Waals surface area (Å²) in [6.45, 7) is 10.4. The molecule has 3 saturated heterocycles. The maximum Gasteiger partial charge on any atom is 0.236 e. The first-order valence-electron chi connectivity index (χ1n) is 10.9. The van der Waals surface area contributed by atoms with E-state index in [0.717, 1.165) is 76.2 Å². The Morgan fingerprint density at radius 2 is 1.50 bits per heavy atom. The molecule has 3 fully saturated rings. The van der Waals surface area contributed by atoms with Crippen LogP contribution in [0.15, 0.2) is 28.7 Å². The molecule has 0 saturated carbocycles. The number of carbonyl (C=O) groups excluding carboxylic acids is 1. The van der Waals surface area contributed by atoms with Gasteiger partial charge in [-0.25, -0.2) is 0 Å². The zero-order valence-electron chi connectivity index (χ0n) is 16.9. The van der Waals surface area contributed by atoms with Crippen LogP contribution < -0.4 is 0 Å². The lowest BCUT2D eigenvalue weighted by Gasteiger charge is -2.43. The number of likely N-dealkylation sites (tertiary alicyclic amines) is 2. The smallest absolute Gasteiger partial charge is 0.236 e. The fourth-order valence-electron chi connectivity index (χ4n) is 4.85. The van der Waals surface area contributed by atoms with E-state index in [1.165, 1.54) is 18.4 Å². The SMILES string of the molecule is O=C(CN1CCCC1)N1CCC(N2CCN(Cc3ccc(Br)cc3)CC2)CC1. The minimum Gasteiger partial charge on any atom is -0.341 e. The predicted molar refractivity (Wildman–Crippen MR) is 116 cm³/mol. The summed E-state index contributed by atoms with van der Waals surface area (Å²) in [5.41, 5.74) is 1.39. The van der Waals surface area contributed by atoms with E-state index in [4.69, 9.17) is 0 Å². The van der Waals surface area contributed by atoms with Gasteiger partial charge in [0.15, 0.2) is 0 Å². The van der Waals surface area contributed by atoms with Crippen LogP contribution in [0.5, 0.6) is 0 Å². The fraction of sp³-hybridized carbons (Fsp3) is 0.682. The molecule has 0 spiro atoms. The molecular weight excluding hydrogens is 416 g/mol. The van der Waals surface area contributed by atoms with Crippen molar-refractivity contribution >= 4 is 21.8 Å². The molecule has 28 heavy (non-hydrogen) atoms. The van der Waals surface area contributed by atoms with Crippen molar-refractivity contribution in [3.63, 3.8) is 0 Å². The number of piperidine rings is 1. The van der Waals surface area contributed by atoms with Gasteiger partial charge in [-0.1, -0.05) is 28.1 Å². The van der Waals surface area contributed by atoms with Crippen LogP contribution in [-0.4, -0.2) is 90.5 Å². The Hall–Kier alpha value is -0.950. The van der Waals surface area contributed by atoms with E-state index in [1.807, 2.05) is 0 Å². The molecule has 5 nitrogen and oxygen atoms in total. The van der Waals surface area contributed by atoms with Crippen molar-refractivity contribution in [2.24, 2.45) is 0 Å². The quantitative estimate of drug-likeness (QED) is 0.692. The van der Waals surface area contributed by atoms with E-state index < -0.39 is 0 Å². The van der Waals surface area contributed by atoms with Gasteiger partial charge in [-0.2, -0.15) is 0 Å². The van der Waals surface area contributed by atoms with E-state index in [-0.39, 0.29) is 0 Å². The number of amides is 1. The average molecular weight is 449 g/mol. The Morgan fingerprint density at radius 3 is 2.14 bits per heavy atom. The van der Waals surface area contributed by atoms with E-state index in [2.05, 4.69) is 59.8 Å². The number of benzene rings is 1. The Morgan fingerprint density at radius 1 is 0.857 bits per heavy atom. The normalized spacial score (nSPS) is 23.4. The van der Waals surface area contributed by atoms with E-state index in [9.17, 15) is 4.79 Å². The van der Waals surface area contributed by atoms with Gasteiger partial charge in [0.05, 0.1) is 6.54 Å². The third-order valence-electron chi connectivity index (χ3n) is 6.62. The summed E-state index contributed by atoms with van der Waals surface area (Å²) in [7, 11) is 0. The zero-order chi connectivity index (χ0) is 19.3. The lowest BCUT2D eigenvalue weighted by Crippen LogP contribution is -2.54. The second-order valence-electron chi connectivity index (χ2n) is 8.53. The first-order chi connectivity index (χ1) is 13.7. The van der Waals surface area contributed by atoms with Gasteiger partial charge < -0.3 is 4.90 Å². The highest BCUT2D eigenvalue weighted by atomic mass is 79.9. The number of halogens is 1. The lowest BCUT2D eigenvalue weighted by atomic mass is 10.0. The van der Waals surface area contributed by atoms with E-state index in [1.54, 1.807) is 0 Å². The summed E-state index contributed by atoms with van der Waals surface area (Å²) in [5, 5.41) is 0. The van der Waals surface area contributed by atoms with Crippen molar-refractivity contribution in [1.29, 1.82) is 0 Å². The molecule has 0 atom stereocenters. The maximum absolute atomic E-state index is 12.5. The molecule has 154 valence electrons. The summed E-state index contributed by atoms with van der Waals surface area (Å²) in [6.07, 6.45) is 4.78. The summed E-state index contributed by atoms with van der Waals surface area (Å²) < 4.78 is 1.14. The van der Waals surface area contributed by atoms with Crippen LogP contribution in [0, 0.1) is 0 Å². The number of rotatable bonds is 5. The van der Waals surface area contributed by atoms with Crippen LogP contribution in [0.1, 0.15) is 31.2 Å². The number of hydrogen-bond acceptors (Lipinski definition) is 4. The average Bonchev–Trinajstić information content (AvgIpc) is 3.23. The molecule has 0 radical (unpaired) electrons. The molecule has 1 amide bonds. The number of piperazine rings is 1. The molecule has 3 heterocycles. The van der Waals surface area contributed by atoms with Gasteiger partial charge >= 0.3 is 0 Å². The summed E-state index contributed by atoms with van der Waals surface area (Å²) >= 11 is 3.51. The zero-order valence-corrected chi connectivity index (χ0v) is 18.4. The van der Waals surface area contributed by atoms with Gasteiger partial charge in [0, 0.05) is 56.3 Å². The highest BCUT2D eigenvalue weighted by Gasteiger charge is 2.29. The maximum atomic E-state index is 12.5. The lowest BCUT2D eigenvalue weighted by molar-refractivity contribution is -0.133. The van der Waals surface area contributed by atoms with Crippen LogP contribution in [0.25, 0.3) is 0 Å². The molecule has 0 unspecified atom stereocenters. The van der Waals surface area contributed by atoms with Crippen LogP contribution in [0.4, 0.5) is 0 Å². The van der Waals surface area contributed by atoms with Gasteiger partial charge in [0.1, 0.15) is 0 Å². The predicted octanol–water partition coefficient (Wildman–Crippen LogP) is 2.65. The summed E-state index contributed by atoms with van der Waals surface area (Å²) in [5.74, 6) is 0.347. The second-order valence-corrected chi connectivity index (χ2v) is 9.45. The Labute approximate surface area is 177 Å². The molecule has 0 N–H and O–H groups in total. The molecule has 0 aromatic heterocycles. The standard InChI is InChI=1S/C22H33BrN4O/c23-20-5-3-19(4-6-20)17-25-13-15-26(16-14-25)21-7-11-27(12-8-21)22(28)18-24-9-1-2-10-24/h3-6,21H,1-2,7-18H2. The number of carbonyl (C=O) groups is 1. The second kappa shape index (κ2) is 9.70. The van der Waals surface area contributed by atoms with E-state index >= 15 is 0 Å². The van der Waals surface area contributed by atoms with Gasteiger partial charge in [0.2, 0.25) is 5.91 Å². The highest BCUT2D eigenvalue weighted by molar-refractivity contribution is 9.10. The molecular formula is C22H33BrN4O. The number of nitrogens with zero attached hydrogens (tertiary/aromatic N) is 4. The molecule has 0 aliphatic carbocycles. The molecule has 3 aliphatic heterocycles. The van der Waals surface area contributed by atoms with Gasteiger partial charge in [-0.3, -0.25) is 19.5 Å². The Bertz CT molecular complexity index is 630. The topological polar surface area (TPSA) is 30.0 Å². The van der Waals surface area contributed by atoms with Crippen LogP contribution in [-0.2, 0) is 11.3 Å². The van der Waals surface area contributed by atoms with Crippen LogP contribution in [0.3, 0.4) is 0 Å². The van der Waals surface area contributed by atoms with E-state index in [0.29, 0.717) is 18.5 Å². The van der Waals surface area contributed by atoms with Crippen molar-refractivity contribution in [1.82, 2.24) is 19.6 Å².